The van der Waals surface area contributed by atoms with Crippen LogP contribution in [0.25, 0.3) is 0 Å². The average Bonchev–Trinajstić information content (AvgIpc) is 2.89. The molecule has 130 valence electrons. The molecule has 1 heterocycles. The van der Waals surface area contributed by atoms with Gasteiger partial charge in [-0.05, 0) is 23.8 Å². The van der Waals surface area contributed by atoms with E-state index in [0.29, 0.717) is 0 Å². The minimum absolute atomic E-state index is 0.167. The standard InChI is InChI=1S/C14H17FN4O4S/c1-19-10(3-4-18-19)8-17-13(20)7-9-5-11(15)14(23-2)12(6-9)24(16,21)22/h3-6H,7-8H2,1-2H3,(H,17,20)(H2,16,21,22). The van der Waals surface area contributed by atoms with Crippen molar-refractivity contribution in [3.63, 3.8) is 0 Å². The molecule has 0 aliphatic rings. The van der Waals surface area contributed by atoms with Gasteiger partial charge < -0.3 is 10.1 Å². The van der Waals surface area contributed by atoms with E-state index >= 15 is 0 Å². The lowest BCUT2D eigenvalue weighted by atomic mass is 10.1. The molecule has 0 radical (unpaired) electrons. The number of primary sulfonamides is 1. The smallest absolute Gasteiger partial charge is 0.241 e. The second-order valence-electron chi connectivity index (χ2n) is 5.05. The van der Waals surface area contributed by atoms with Gasteiger partial charge in [0.15, 0.2) is 11.6 Å². The molecule has 3 N–H and O–H groups in total. The van der Waals surface area contributed by atoms with E-state index in [0.717, 1.165) is 24.9 Å². The number of nitrogens with two attached hydrogens (primary N) is 1. The maximum Gasteiger partial charge on any atom is 0.241 e. The van der Waals surface area contributed by atoms with Crippen LogP contribution in [0.4, 0.5) is 4.39 Å². The second-order valence-corrected chi connectivity index (χ2v) is 6.58. The number of aryl methyl sites for hydroxylation is 1. The van der Waals surface area contributed by atoms with Crippen LogP contribution in [0.5, 0.6) is 5.75 Å². The number of carbonyl (C=O) groups excluding carboxylic acids is 1. The fourth-order valence-corrected chi connectivity index (χ4v) is 2.90. The number of benzene rings is 1. The Hall–Kier alpha value is -2.46. The average molecular weight is 356 g/mol. The summed E-state index contributed by atoms with van der Waals surface area (Å²) in [5, 5.41) is 11.7. The summed E-state index contributed by atoms with van der Waals surface area (Å²) in [5.74, 6) is -1.78. The van der Waals surface area contributed by atoms with Crippen LogP contribution in [-0.2, 0) is 34.8 Å². The highest BCUT2D eigenvalue weighted by Gasteiger charge is 2.21. The summed E-state index contributed by atoms with van der Waals surface area (Å²) in [7, 11) is -1.32. The van der Waals surface area contributed by atoms with E-state index in [1.165, 1.54) is 0 Å². The summed E-state index contributed by atoms with van der Waals surface area (Å²) in [6.07, 6.45) is 1.39. The number of halogens is 1. The van der Waals surface area contributed by atoms with Crippen molar-refractivity contribution in [3.8, 4) is 5.75 Å². The Labute approximate surface area is 138 Å². The van der Waals surface area contributed by atoms with E-state index < -0.39 is 32.4 Å². The number of nitrogens with one attached hydrogen (secondary N) is 1. The number of hydrogen-bond donors (Lipinski definition) is 2. The van der Waals surface area contributed by atoms with E-state index in [9.17, 15) is 17.6 Å². The van der Waals surface area contributed by atoms with E-state index in [2.05, 4.69) is 10.4 Å². The maximum absolute atomic E-state index is 14.0. The zero-order valence-corrected chi connectivity index (χ0v) is 13.9. The summed E-state index contributed by atoms with van der Waals surface area (Å²) in [5.41, 5.74) is 0.953. The third-order valence-electron chi connectivity index (χ3n) is 3.33. The molecule has 10 heteroatoms. The lowest BCUT2D eigenvalue weighted by molar-refractivity contribution is -0.120. The molecule has 0 fully saturated rings. The molecule has 0 atom stereocenters. The molecule has 0 saturated heterocycles. The monoisotopic (exact) mass is 356 g/mol. The summed E-state index contributed by atoms with van der Waals surface area (Å²) in [6, 6.07) is 3.91. The quantitative estimate of drug-likeness (QED) is 0.760. The Morgan fingerprint density at radius 2 is 2.17 bits per heavy atom. The van der Waals surface area contributed by atoms with Gasteiger partial charge in [-0.3, -0.25) is 9.48 Å². The van der Waals surface area contributed by atoms with Crippen LogP contribution in [0.3, 0.4) is 0 Å². The molecule has 2 aromatic rings. The number of sulfonamides is 1. The number of nitrogens with zero attached hydrogens (tertiary/aromatic N) is 2. The van der Waals surface area contributed by atoms with Crippen molar-refractivity contribution in [2.75, 3.05) is 7.11 Å². The van der Waals surface area contributed by atoms with Crippen molar-refractivity contribution in [3.05, 3.63) is 41.5 Å². The first kappa shape index (κ1) is 17.9. The van der Waals surface area contributed by atoms with Crippen LogP contribution in [-0.4, -0.2) is 31.2 Å². The number of rotatable bonds is 6. The van der Waals surface area contributed by atoms with Crippen LogP contribution in [0, 0.1) is 5.82 Å². The zero-order chi connectivity index (χ0) is 17.9. The zero-order valence-electron chi connectivity index (χ0n) is 13.1. The molecule has 1 aromatic carbocycles. The highest BCUT2D eigenvalue weighted by Crippen LogP contribution is 2.27. The van der Waals surface area contributed by atoms with Crippen molar-refractivity contribution in [2.24, 2.45) is 12.2 Å². The summed E-state index contributed by atoms with van der Waals surface area (Å²) in [4.78, 5) is 11.5. The first-order valence-electron chi connectivity index (χ1n) is 6.85. The third kappa shape index (κ3) is 4.09. The fraction of sp³-hybridized carbons (Fsp3) is 0.286. The van der Waals surface area contributed by atoms with Gasteiger partial charge >= 0.3 is 0 Å². The van der Waals surface area contributed by atoms with Crippen LogP contribution in [0.1, 0.15) is 11.3 Å². The number of aromatic nitrogens is 2. The van der Waals surface area contributed by atoms with Crippen LogP contribution >= 0.6 is 0 Å². The molecule has 1 aromatic heterocycles. The molecule has 0 unspecified atom stereocenters. The van der Waals surface area contributed by atoms with Crippen molar-refractivity contribution in [1.29, 1.82) is 0 Å². The van der Waals surface area contributed by atoms with E-state index in [1.807, 2.05) is 0 Å². The predicted octanol–water partition coefficient (Wildman–Crippen LogP) is 0.0741. The van der Waals surface area contributed by atoms with Crippen molar-refractivity contribution in [2.45, 2.75) is 17.9 Å². The number of ether oxygens (including phenoxy) is 1. The van der Waals surface area contributed by atoms with Gasteiger partial charge in [0.1, 0.15) is 4.90 Å². The second kappa shape index (κ2) is 6.97. The highest BCUT2D eigenvalue weighted by atomic mass is 32.2. The van der Waals surface area contributed by atoms with Gasteiger partial charge in [0.05, 0.1) is 25.8 Å². The lowest BCUT2D eigenvalue weighted by Gasteiger charge is -2.11. The van der Waals surface area contributed by atoms with Gasteiger partial charge in [-0.2, -0.15) is 5.10 Å². The Morgan fingerprint density at radius 3 is 2.71 bits per heavy atom. The number of amides is 1. The Bertz CT molecular complexity index is 864. The first-order chi connectivity index (χ1) is 11.2. The minimum Gasteiger partial charge on any atom is -0.492 e. The summed E-state index contributed by atoms with van der Waals surface area (Å²) < 4.78 is 43.4. The van der Waals surface area contributed by atoms with Crippen LogP contribution < -0.4 is 15.2 Å². The summed E-state index contributed by atoms with van der Waals surface area (Å²) >= 11 is 0. The first-order valence-corrected chi connectivity index (χ1v) is 8.39. The van der Waals surface area contributed by atoms with Crippen LogP contribution in [0.15, 0.2) is 29.3 Å². The van der Waals surface area contributed by atoms with Crippen LogP contribution in [0.2, 0.25) is 0 Å². The number of carbonyl (C=O) groups is 1. The Balaban J connectivity index is 2.16. The maximum atomic E-state index is 14.0. The molecule has 0 spiro atoms. The topological polar surface area (TPSA) is 116 Å². The van der Waals surface area contributed by atoms with Gasteiger partial charge in [-0.1, -0.05) is 0 Å². The molecule has 24 heavy (non-hydrogen) atoms. The van der Waals surface area contributed by atoms with E-state index in [-0.39, 0.29) is 18.5 Å². The number of methoxy groups -OCH3 is 1. The third-order valence-corrected chi connectivity index (χ3v) is 4.25. The lowest BCUT2D eigenvalue weighted by Crippen LogP contribution is -2.26. The number of hydrogen-bond acceptors (Lipinski definition) is 5. The molecule has 8 nitrogen and oxygen atoms in total. The molecule has 0 aliphatic carbocycles. The Kier molecular flexibility index (Phi) is 5.20. The van der Waals surface area contributed by atoms with Gasteiger partial charge in [-0.15, -0.1) is 0 Å². The van der Waals surface area contributed by atoms with Gasteiger partial charge in [0.25, 0.3) is 0 Å². The van der Waals surface area contributed by atoms with Crippen molar-refractivity contribution in [1.82, 2.24) is 15.1 Å². The van der Waals surface area contributed by atoms with E-state index in [1.54, 1.807) is 24.0 Å². The Morgan fingerprint density at radius 1 is 1.46 bits per heavy atom. The minimum atomic E-state index is -4.19. The largest absolute Gasteiger partial charge is 0.492 e. The molecule has 0 aliphatic heterocycles. The normalized spacial score (nSPS) is 11.3. The SMILES string of the molecule is COc1c(F)cc(CC(=O)NCc2ccnn2C)cc1S(N)(=O)=O. The van der Waals surface area contributed by atoms with Crippen molar-refractivity contribution >= 4 is 15.9 Å². The summed E-state index contributed by atoms with van der Waals surface area (Å²) in [6.45, 7) is 0.246. The fourth-order valence-electron chi connectivity index (χ4n) is 2.14. The molecule has 1 amide bonds. The van der Waals surface area contributed by atoms with Gasteiger partial charge in [-0.25, -0.2) is 17.9 Å². The van der Waals surface area contributed by atoms with Crippen molar-refractivity contribution < 1.29 is 22.3 Å². The molecule has 0 saturated carbocycles. The highest BCUT2D eigenvalue weighted by molar-refractivity contribution is 7.89. The molecular weight excluding hydrogens is 339 g/mol. The van der Waals surface area contributed by atoms with Gasteiger partial charge in [0.2, 0.25) is 15.9 Å². The predicted molar refractivity (Wildman–Crippen MR) is 83.1 cm³/mol. The molecule has 2 rings (SSSR count). The molecular formula is C14H17FN4O4S. The van der Waals surface area contributed by atoms with Gasteiger partial charge in [0, 0.05) is 13.2 Å². The molecule has 0 bridgehead atoms. The van der Waals surface area contributed by atoms with E-state index in [4.69, 9.17) is 9.88 Å².